The van der Waals surface area contributed by atoms with E-state index in [1.165, 1.54) is 12.8 Å². The summed E-state index contributed by atoms with van der Waals surface area (Å²) in [5, 5.41) is 3.07. The van der Waals surface area contributed by atoms with Crippen molar-refractivity contribution in [3.63, 3.8) is 0 Å². The van der Waals surface area contributed by atoms with Gasteiger partial charge in [-0.3, -0.25) is 9.78 Å². The van der Waals surface area contributed by atoms with Crippen LogP contribution in [0.15, 0.2) is 18.5 Å². The number of aromatic nitrogens is 1. The molecule has 0 radical (unpaired) electrons. The van der Waals surface area contributed by atoms with Crippen molar-refractivity contribution in [2.45, 2.75) is 38.6 Å². The van der Waals surface area contributed by atoms with Gasteiger partial charge in [-0.2, -0.15) is 0 Å². The van der Waals surface area contributed by atoms with Gasteiger partial charge in [0.15, 0.2) is 0 Å². The number of likely N-dealkylation sites (tertiary alicyclic amines) is 1. The zero-order chi connectivity index (χ0) is 17.6. The second kappa shape index (κ2) is 8.18. The Bertz CT molecular complexity index is 608. The molecular weight excluding hydrogens is 320 g/mol. The minimum atomic E-state index is -0.269. The fourth-order valence-electron chi connectivity index (χ4n) is 3.39. The third kappa shape index (κ3) is 4.41. The minimum absolute atomic E-state index is 0.0774. The highest BCUT2D eigenvalue weighted by Gasteiger charge is 2.25. The Hall–Kier alpha value is -2.31. The Balaban J connectivity index is 1.53. The van der Waals surface area contributed by atoms with Gasteiger partial charge in [-0.15, -0.1) is 0 Å². The van der Waals surface area contributed by atoms with E-state index in [1.807, 2.05) is 12.3 Å². The van der Waals surface area contributed by atoms with E-state index < -0.39 is 0 Å². The molecule has 2 saturated heterocycles. The summed E-state index contributed by atoms with van der Waals surface area (Å²) in [6.45, 7) is 5.45. The molecule has 1 aromatic heterocycles. The fourth-order valence-corrected chi connectivity index (χ4v) is 3.39. The van der Waals surface area contributed by atoms with E-state index >= 15 is 0 Å². The lowest BCUT2D eigenvalue weighted by atomic mass is 10.0. The maximum atomic E-state index is 12.5. The van der Waals surface area contributed by atoms with Gasteiger partial charge < -0.3 is 19.9 Å². The van der Waals surface area contributed by atoms with E-state index in [-0.39, 0.29) is 18.0 Å². The van der Waals surface area contributed by atoms with Gasteiger partial charge in [0.05, 0.1) is 24.1 Å². The predicted molar refractivity (Wildman–Crippen MR) is 94.8 cm³/mol. The van der Waals surface area contributed by atoms with Crippen LogP contribution in [0.1, 0.15) is 43.0 Å². The number of carbonyl (C=O) groups excluding carboxylic acids is 2. The lowest BCUT2D eigenvalue weighted by molar-refractivity contribution is 0.0860. The molecule has 136 valence electrons. The monoisotopic (exact) mass is 346 g/mol. The fraction of sp³-hybridized carbons (Fsp3) is 0.611. The summed E-state index contributed by atoms with van der Waals surface area (Å²) in [5.41, 5.74) is 1.61. The number of nitrogens with zero attached hydrogens (tertiary/aromatic N) is 3. The maximum Gasteiger partial charge on any atom is 0.409 e. The minimum Gasteiger partial charge on any atom is -0.450 e. The molecule has 0 saturated carbocycles. The van der Waals surface area contributed by atoms with Crippen LogP contribution in [0.4, 0.5) is 10.5 Å². The summed E-state index contributed by atoms with van der Waals surface area (Å²) in [6, 6.07) is 2.00. The van der Waals surface area contributed by atoms with Gasteiger partial charge in [-0.1, -0.05) is 0 Å². The van der Waals surface area contributed by atoms with Crippen LogP contribution in [-0.2, 0) is 4.74 Å². The Labute approximate surface area is 148 Å². The topological polar surface area (TPSA) is 74.8 Å². The summed E-state index contributed by atoms with van der Waals surface area (Å²) < 4.78 is 5.02. The van der Waals surface area contributed by atoms with Crippen LogP contribution in [-0.4, -0.2) is 60.7 Å². The highest BCUT2D eigenvalue weighted by atomic mass is 16.6. The van der Waals surface area contributed by atoms with Crippen molar-refractivity contribution >= 4 is 17.7 Å². The van der Waals surface area contributed by atoms with Crippen molar-refractivity contribution in [2.24, 2.45) is 0 Å². The van der Waals surface area contributed by atoms with Gasteiger partial charge in [0, 0.05) is 38.4 Å². The third-order valence-electron chi connectivity index (χ3n) is 4.81. The summed E-state index contributed by atoms with van der Waals surface area (Å²) in [6.07, 6.45) is 7.02. The molecule has 0 atom stereocenters. The van der Waals surface area contributed by atoms with Gasteiger partial charge in [-0.05, 0) is 38.7 Å². The lowest BCUT2D eigenvalue weighted by Crippen LogP contribution is -2.46. The number of carbonyl (C=O) groups is 2. The van der Waals surface area contributed by atoms with Crippen LogP contribution in [0.2, 0.25) is 0 Å². The summed E-state index contributed by atoms with van der Waals surface area (Å²) in [5.74, 6) is -0.0943. The first-order chi connectivity index (χ1) is 12.2. The predicted octanol–water partition coefficient (Wildman–Crippen LogP) is 2.03. The van der Waals surface area contributed by atoms with E-state index in [2.05, 4.69) is 15.2 Å². The Kier molecular flexibility index (Phi) is 5.73. The molecule has 0 bridgehead atoms. The summed E-state index contributed by atoms with van der Waals surface area (Å²) in [7, 11) is 0. The molecule has 7 heteroatoms. The van der Waals surface area contributed by atoms with Crippen molar-refractivity contribution < 1.29 is 14.3 Å². The Morgan fingerprint density at radius 2 is 1.92 bits per heavy atom. The summed E-state index contributed by atoms with van der Waals surface area (Å²) in [4.78, 5) is 32.4. The molecule has 0 aliphatic carbocycles. The van der Waals surface area contributed by atoms with Crippen LogP contribution in [0, 0.1) is 0 Å². The zero-order valence-electron chi connectivity index (χ0n) is 14.7. The number of rotatable bonds is 4. The molecular formula is C18H26N4O3. The van der Waals surface area contributed by atoms with Crippen LogP contribution in [0.3, 0.4) is 0 Å². The first-order valence-electron chi connectivity index (χ1n) is 9.10. The quantitative estimate of drug-likeness (QED) is 0.903. The number of nitrogens with one attached hydrogen (secondary N) is 1. The third-order valence-corrected chi connectivity index (χ3v) is 4.81. The van der Waals surface area contributed by atoms with E-state index in [0.717, 1.165) is 31.6 Å². The highest BCUT2D eigenvalue weighted by Crippen LogP contribution is 2.20. The van der Waals surface area contributed by atoms with Crippen molar-refractivity contribution in [1.29, 1.82) is 0 Å². The van der Waals surface area contributed by atoms with Crippen LogP contribution >= 0.6 is 0 Å². The molecule has 3 heterocycles. The molecule has 7 nitrogen and oxygen atoms in total. The summed E-state index contributed by atoms with van der Waals surface area (Å²) >= 11 is 0. The van der Waals surface area contributed by atoms with E-state index in [1.54, 1.807) is 18.0 Å². The number of hydrogen-bond donors (Lipinski definition) is 1. The second-order valence-corrected chi connectivity index (χ2v) is 6.56. The molecule has 1 N–H and O–H groups in total. The molecule has 2 aliphatic heterocycles. The van der Waals surface area contributed by atoms with Crippen molar-refractivity contribution in [1.82, 2.24) is 15.2 Å². The second-order valence-electron chi connectivity index (χ2n) is 6.56. The molecule has 0 spiro atoms. The molecule has 0 aromatic carbocycles. The molecule has 1 aromatic rings. The molecule has 2 amide bonds. The number of piperidine rings is 1. The Morgan fingerprint density at radius 3 is 2.60 bits per heavy atom. The number of ether oxygens (including phenoxy) is 1. The van der Waals surface area contributed by atoms with Crippen LogP contribution in [0.5, 0.6) is 0 Å². The first-order valence-corrected chi connectivity index (χ1v) is 9.10. The largest absolute Gasteiger partial charge is 0.450 e. The van der Waals surface area contributed by atoms with E-state index in [0.29, 0.717) is 25.3 Å². The van der Waals surface area contributed by atoms with Crippen LogP contribution in [0.25, 0.3) is 0 Å². The van der Waals surface area contributed by atoms with E-state index in [9.17, 15) is 9.59 Å². The van der Waals surface area contributed by atoms with Gasteiger partial charge in [-0.25, -0.2) is 4.79 Å². The molecule has 2 aliphatic rings. The molecule has 3 rings (SSSR count). The van der Waals surface area contributed by atoms with Gasteiger partial charge in [0.1, 0.15) is 0 Å². The number of hydrogen-bond acceptors (Lipinski definition) is 5. The standard InChI is InChI=1S/C18H26N4O3/c1-2-25-18(24)22-9-5-15(6-10-22)20-17(23)14-11-16(13-19-12-14)21-7-3-4-8-21/h11-13,15H,2-10H2,1H3,(H,20,23). The van der Waals surface area contributed by atoms with Crippen molar-refractivity contribution in [2.75, 3.05) is 37.7 Å². The van der Waals surface area contributed by atoms with Crippen LogP contribution < -0.4 is 10.2 Å². The smallest absolute Gasteiger partial charge is 0.409 e. The van der Waals surface area contributed by atoms with Gasteiger partial charge >= 0.3 is 6.09 Å². The van der Waals surface area contributed by atoms with Crippen molar-refractivity contribution in [3.05, 3.63) is 24.0 Å². The number of anilines is 1. The number of amides is 2. The normalized spacial score (nSPS) is 18.3. The number of pyridine rings is 1. The highest BCUT2D eigenvalue weighted by molar-refractivity contribution is 5.95. The lowest BCUT2D eigenvalue weighted by Gasteiger charge is -2.31. The zero-order valence-corrected chi connectivity index (χ0v) is 14.7. The van der Waals surface area contributed by atoms with E-state index in [4.69, 9.17) is 4.74 Å². The molecule has 0 unspecified atom stereocenters. The maximum absolute atomic E-state index is 12.5. The Morgan fingerprint density at radius 1 is 1.20 bits per heavy atom. The molecule has 25 heavy (non-hydrogen) atoms. The van der Waals surface area contributed by atoms with Gasteiger partial charge in [0.25, 0.3) is 5.91 Å². The van der Waals surface area contributed by atoms with Crippen molar-refractivity contribution in [3.8, 4) is 0 Å². The van der Waals surface area contributed by atoms with Gasteiger partial charge in [0.2, 0.25) is 0 Å². The SMILES string of the molecule is CCOC(=O)N1CCC(NC(=O)c2cncc(N3CCCC3)c2)CC1. The molecule has 2 fully saturated rings. The first kappa shape index (κ1) is 17.5. The average molecular weight is 346 g/mol. The average Bonchev–Trinajstić information content (AvgIpc) is 3.17.